The Morgan fingerprint density at radius 1 is 1.19 bits per heavy atom. The molecule has 0 atom stereocenters. The molecule has 1 aliphatic heterocycles. The molecule has 0 saturated carbocycles. The Morgan fingerprint density at radius 3 is 2.50 bits per heavy atom. The number of anilines is 1. The van der Waals surface area contributed by atoms with Crippen LogP contribution in [0, 0.1) is 15.5 Å². The number of alkyl halides is 1. The van der Waals surface area contributed by atoms with Crippen LogP contribution in [0.25, 0.3) is 0 Å². The summed E-state index contributed by atoms with van der Waals surface area (Å²) in [6.45, 7) is 0.138. The lowest BCUT2D eigenvalue weighted by atomic mass is 9.93. The smallest absolute Gasteiger partial charge is 0.338 e. The van der Waals surface area contributed by atoms with E-state index in [-0.39, 0.29) is 43.4 Å². The van der Waals surface area contributed by atoms with Crippen molar-refractivity contribution in [3.63, 3.8) is 0 Å². The van der Waals surface area contributed by atoms with E-state index in [0.29, 0.717) is 11.3 Å². The molecule has 36 heavy (non-hydrogen) atoms. The van der Waals surface area contributed by atoms with Gasteiger partial charge in [-0.25, -0.2) is 4.79 Å². The molecule has 1 saturated heterocycles. The molecule has 1 amide bonds. The topological polar surface area (TPSA) is 154 Å². The van der Waals surface area contributed by atoms with Gasteiger partial charge < -0.3 is 24.6 Å². The number of nitrogens with zero attached hydrogens (tertiary/aromatic N) is 1. The fraction of sp³-hybridized carbons (Fsp3) is 0.292. The normalized spacial score (nSPS) is 19.5. The first kappa shape index (κ1) is 26.8. The van der Waals surface area contributed by atoms with E-state index in [4.69, 9.17) is 30.9 Å². The Hall–Kier alpha value is -3.80. The summed E-state index contributed by atoms with van der Waals surface area (Å²) >= 11 is 6.13. The second-order valence-electron chi connectivity index (χ2n) is 8.08. The third kappa shape index (κ3) is 7.35. The van der Waals surface area contributed by atoms with Crippen molar-refractivity contribution < 1.29 is 38.6 Å². The minimum Gasteiger partial charge on any atom is -0.481 e. The molecule has 2 N–H and O–H groups in total. The van der Waals surface area contributed by atoms with Crippen molar-refractivity contribution in [1.29, 1.82) is 0 Å². The summed E-state index contributed by atoms with van der Waals surface area (Å²) in [4.78, 5) is 45.2. The van der Waals surface area contributed by atoms with Gasteiger partial charge in [-0.1, -0.05) is 18.2 Å². The van der Waals surface area contributed by atoms with Gasteiger partial charge in [0.05, 0.1) is 35.5 Å². The molecule has 1 aliphatic rings. The van der Waals surface area contributed by atoms with Gasteiger partial charge in [0.2, 0.25) is 5.91 Å². The van der Waals surface area contributed by atoms with Crippen LogP contribution in [0.4, 0.5) is 11.4 Å². The number of carboxylic acids is 1. The zero-order valence-electron chi connectivity index (χ0n) is 18.9. The lowest BCUT2D eigenvalue weighted by Gasteiger charge is -2.38. The van der Waals surface area contributed by atoms with Crippen molar-refractivity contribution in [2.24, 2.45) is 5.41 Å². The van der Waals surface area contributed by atoms with E-state index in [9.17, 15) is 24.5 Å². The molecule has 2 aromatic rings. The summed E-state index contributed by atoms with van der Waals surface area (Å²) in [5.74, 6) is -2.08. The Morgan fingerprint density at radius 2 is 1.89 bits per heavy atom. The number of carbonyl (C=O) groups is 3. The Bertz CT molecular complexity index is 1140. The van der Waals surface area contributed by atoms with Crippen LogP contribution in [-0.4, -0.2) is 53.6 Å². The highest BCUT2D eigenvalue weighted by atomic mass is 35.5. The molecule has 0 bridgehead atoms. The van der Waals surface area contributed by atoms with Crippen molar-refractivity contribution in [3.8, 4) is 0 Å². The van der Waals surface area contributed by atoms with Crippen LogP contribution in [0.2, 0.25) is 0 Å². The third-order valence-corrected chi connectivity index (χ3v) is 5.74. The monoisotopic (exact) mass is 518 g/mol. The number of nitro benzene ring substituents is 1. The minimum atomic E-state index is -1.05. The summed E-state index contributed by atoms with van der Waals surface area (Å²) in [5.41, 5.74) is 0.267. The summed E-state index contributed by atoms with van der Waals surface area (Å²) in [6, 6.07) is 11.9. The quantitative estimate of drug-likeness (QED) is 0.157. The van der Waals surface area contributed by atoms with E-state index in [2.05, 4.69) is 5.32 Å². The van der Waals surface area contributed by atoms with E-state index in [1.807, 2.05) is 0 Å². The predicted octanol–water partition coefficient (Wildman–Crippen LogP) is 3.69. The van der Waals surface area contributed by atoms with Crippen molar-refractivity contribution in [2.45, 2.75) is 12.7 Å². The van der Waals surface area contributed by atoms with Gasteiger partial charge in [0.15, 0.2) is 6.29 Å². The van der Waals surface area contributed by atoms with E-state index in [1.165, 1.54) is 48.5 Å². The molecule has 0 unspecified atom stereocenters. The number of halogens is 1. The third-order valence-electron chi connectivity index (χ3n) is 5.18. The SMILES string of the molecule is O=C(O)C/C=C\C(=O)Nc1ccc(C(=O)OCC2(CCl)COC(c3cccc([N+](=O)[O-])c3)OC2)cc1. The first-order valence-electron chi connectivity index (χ1n) is 10.7. The van der Waals surface area contributed by atoms with Gasteiger partial charge in [0, 0.05) is 29.3 Å². The predicted molar refractivity (Wildman–Crippen MR) is 128 cm³/mol. The molecule has 2 aromatic carbocycles. The molecule has 3 rings (SSSR count). The Kier molecular flexibility index (Phi) is 9.12. The average Bonchev–Trinajstić information content (AvgIpc) is 2.88. The van der Waals surface area contributed by atoms with E-state index < -0.39 is 34.5 Å². The maximum Gasteiger partial charge on any atom is 0.338 e. The number of hydrogen-bond acceptors (Lipinski definition) is 8. The van der Waals surface area contributed by atoms with Crippen molar-refractivity contribution in [1.82, 2.24) is 0 Å². The number of amides is 1. The highest BCUT2D eigenvalue weighted by molar-refractivity contribution is 6.18. The molecule has 190 valence electrons. The van der Waals surface area contributed by atoms with E-state index >= 15 is 0 Å². The maximum atomic E-state index is 12.5. The molecule has 0 spiro atoms. The number of esters is 1. The second kappa shape index (κ2) is 12.2. The van der Waals surface area contributed by atoms with E-state index in [0.717, 1.165) is 6.08 Å². The van der Waals surface area contributed by atoms with Gasteiger partial charge in [-0.15, -0.1) is 11.6 Å². The Labute approximate surface area is 210 Å². The zero-order valence-corrected chi connectivity index (χ0v) is 19.7. The number of nitrogens with one attached hydrogen (secondary N) is 1. The number of hydrogen-bond donors (Lipinski definition) is 2. The molecule has 1 fully saturated rings. The molecule has 0 radical (unpaired) electrons. The number of non-ortho nitro benzene ring substituents is 1. The number of ether oxygens (including phenoxy) is 3. The van der Waals surface area contributed by atoms with Gasteiger partial charge in [0.25, 0.3) is 5.69 Å². The van der Waals surface area contributed by atoms with Crippen LogP contribution in [0.1, 0.15) is 28.6 Å². The van der Waals surface area contributed by atoms with Gasteiger partial charge in [-0.05, 0) is 30.3 Å². The van der Waals surface area contributed by atoms with Crippen molar-refractivity contribution in [2.75, 3.05) is 31.0 Å². The van der Waals surface area contributed by atoms with Crippen LogP contribution in [0.5, 0.6) is 0 Å². The molecule has 1 heterocycles. The van der Waals surface area contributed by atoms with Gasteiger partial charge >= 0.3 is 11.9 Å². The highest BCUT2D eigenvalue weighted by Crippen LogP contribution is 2.34. The minimum absolute atomic E-state index is 0.0795. The molecule has 12 heteroatoms. The largest absolute Gasteiger partial charge is 0.481 e. The molecular weight excluding hydrogens is 496 g/mol. The second-order valence-corrected chi connectivity index (χ2v) is 8.35. The highest BCUT2D eigenvalue weighted by Gasteiger charge is 2.38. The molecule has 11 nitrogen and oxygen atoms in total. The summed E-state index contributed by atoms with van der Waals surface area (Å²) in [7, 11) is 0. The van der Waals surface area contributed by atoms with Crippen LogP contribution < -0.4 is 5.32 Å². The lowest BCUT2D eigenvalue weighted by molar-refractivity contribution is -0.385. The summed E-state index contributed by atoms with van der Waals surface area (Å²) < 4.78 is 16.9. The molecular formula is C24H23ClN2O9. The zero-order chi connectivity index (χ0) is 26.1. The van der Waals surface area contributed by atoms with Crippen molar-refractivity contribution >= 4 is 40.8 Å². The summed E-state index contributed by atoms with van der Waals surface area (Å²) in [5, 5.41) is 22.1. The van der Waals surface area contributed by atoms with Gasteiger partial charge in [-0.2, -0.15) is 0 Å². The van der Waals surface area contributed by atoms with Crippen LogP contribution in [0.3, 0.4) is 0 Å². The fourth-order valence-corrected chi connectivity index (χ4v) is 3.44. The van der Waals surface area contributed by atoms with Gasteiger partial charge in [0.1, 0.15) is 6.61 Å². The maximum absolute atomic E-state index is 12.5. The first-order chi connectivity index (χ1) is 17.2. The lowest BCUT2D eigenvalue weighted by Crippen LogP contribution is -2.44. The van der Waals surface area contributed by atoms with E-state index in [1.54, 1.807) is 6.07 Å². The van der Waals surface area contributed by atoms with Crippen LogP contribution in [0.15, 0.2) is 60.7 Å². The first-order valence-corrected chi connectivity index (χ1v) is 11.2. The number of carboxylic acid groups (broad SMARTS) is 1. The Balaban J connectivity index is 1.52. The van der Waals surface area contributed by atoms with Crippen LogP contribution >= 0.6 is 11.6 Å². The van der Waals surface area contributed by atoms with Crippen LogP contribution in [-0.2, 0) is 23.8 Å². The number of rotatable bonds is 10. The number of aliphatic carboxylic acids is 1. The molecule has 0 aromatic heterocycles. The number of benzene rings is 2. The summed E-state index contributed by atoms with van der Waals surface area (Å²) in [6.07, 6.45) is 1.26. The van der Waals surface area contributed by atoms with Crippen molar-refractivity contribution in [3.05, 3.63) is 81.9 Å². The standard InChI is InChI=1S/C24H23ClN2O9/c25-12-24(14-35-23(36-15-24)17-3-1-4-19(11-17)27(32)33)13-34-22(31)16-7-9-18(10-8-16)26-20(28)5-2-6-21(29)30/h1-5,7-11,23H,6,12-15H2,(H,26,28)(H,29,30)/b5-2-. The molecule has 0 aliphatic carbocycles. The average molecular weight is 519 g/mol. The fourth-order valence-electron chi connectivity index (χ4n) is 3.21. The number of nitro groups is 1. The van der Waals surface area contributed by atoms with Gasteiger partial charge in [-0.3, -0.25) is 19.7 Å². The number of carbonyl (C=O) groups excluding carboxylic acids is 2.